The van der Waals surface area contributed by atoms with Gasteiger partial charge >= 0.3 is 0 Å². The molecule has 0 spiro atoms. The standard InChI is InChI=1S/C38H30N2/c1-25-11-17-29(18-12-25)39-35-9-5-3-7-31(35)33-23-27(15-21-37(33)39)28-16-22-38-34(24-28)32-8-4-6-10-36(32)40(38)30-19-13-26(2)14-20-30/h3-5,7-9,11-24H,6,10H2,1-2H3. The molecule has 0 radical (unpaired) electrons. The van der Waals surface area contributed by atoms with Crippen molar-refractivity contribution in [3.63, 3.8) is 0 Å². The molecule has 0 bridgehead atoms. The molecule has 0 N–H and O–H groups in total. The number of benzene rings is 5. The number of para-hydroxylation sites is 1. The topological polar surface area (TPSA) is 9.86 Å². The highest BCUT2D eigenvalue weighted by atomic mass is 15.0. The van der Waals surface area contributed by atoms with Crippen molar-refractivity contribution >= 4 is 38.8 Å². The average Bonchev–Trinajstić information content (AvgIpc) is 3.50. The van der Waals surface area contributed by atoms with Gasteiger partial charge in [0.05, 0.1) is 16.6 Å². The van der Waals surface area contributed by atoms with Gasteiger partial charge in [0.25, 0.3) is 0 Å². The van der Waals surface area contributed by atoms with Gasteiger partial charge in [-0.3, -0.25) is 0 Å². The molecule has 0 fully saturated rings. The van der Waals surface area contributed by atoms with Crippen LogP contribution in [0.1, 0.15) is 28.8 Å². The van der Waals surface area contributed by atoms with Crippen molar-refractivity contribution in [2.45, 2.75) is 26.7 Å². The van der Waals surface area contributed by atoms with E-state index >= 15 is 0 Å². The van der Waals surface area contributed by atoms with Gasteiger partial charge < -0.3 is 9.13 Å². The van der Waals surface area contributed by atoms with Gasteiger partial charge in [0.2, 0.25) is 0 Å². The van der Waals surface area contributed by atoms with Crippen molar-refractivity contribution in [2.75, 3.05) is 0 Å². The van der Waals surface area contributed by atoms with E-state index in [9.17, 15) is 0 Å². The van der Waals surface area contributed by atoms with Crippen LogP contribution in [-0.4, -0.2) is 9.13 Å². The third-order valence-corrected chi connectivity index (χ3v) is 8.53. The summed E-state index contributed by atoms with van der Waals surface area (Å²) in [4.78, 5) is 0. The van der Waals surface area contributed by atoms with E-state index in [2.05, 4.69) is 144 Å². The summed E-state index contributed by atoms with van der Waals surface area (Å²) in [6, 6.07) is 40.5. The second-order valence-electron chi connectivity index (χ2n) is 11.1. The van der Waals surface area contributed by atoms with Crippen LogP contribution in [0.2, 0.25) is 0 Å². The predicted molar refractivity (Wildman–Crippen MR) is 170 cm³/mol. The minimum Gasteiger partial charge on any atom is -0.313 e. The molecular weight excluding hydrogens is 484 g/mol. The van der Waals surface area contributed by atoms with Crippen molar-refractivity contribution in [3.8, 4) is 22.5 Å². The molecule has 0 unspecified atom stereocenters. The van der Waals surface area contributed by atoms with Crippen LogP contribution < -0.4 is 0 Å². The molecule has 5 aromatic carbocycles. The zero-order valence-corrected chi connectivity index (χ0v) is 22.9. The fraction of sp³-hybridized carbons (Fsp3) is 0.105. The molecule has 0 saturated carbocycles. The van der Waals surface area contributed by atoms with Crippen LogP contribution in [0.25, 0.3) is 61.3 Å². The number of aromatic nitrogens is 2. The van der Waals surface area contributed by atoms with Crippen LogP contribution in [-0.2, 0) is 6.42 Å². The smallest absolute Gasteiger partial charge is 0.0541 e. The highest BCUT2D eigenvalue weighted by Crippen LogP contribution is 2.39. The summed E-state index contributed by atoms with van der Waals surface area (Å²) in [5.74, 6) is 0. The Morgan fingerprint density at radius 2 is 1.10 bits per heavy atom. The Hall–Kier alpha value is -4.82. The molecule has 0 atom stereocenters. The van der Waals surface area contributed by atoms with Gasteiger partial charge in [-0.1, -0.05) is 77.9 Å². The summed E-state index contributed by atoms with van der Waals surface area (Å²) in [6.45, 7) is 4.29. The highest BCUT2D eigenvalue weighted by Gasteiger charge is 2.20. The van der Waals surface area contributed by atoms with Gasteiger partial charge in [-0.25, -0.2) is 0 Å². The van der Waals surface area contributed by atoms with E-state index in [1.54, 1.807) is 0 Å². The molecule has 2 heteroatoms. The molecule has 2 heterocycles. The molecule has 8 rings (SSSR count). The first-order chi connectivity index (χ1) is 19.7. The summed E-state index contributed by atoms with van der Waals surface area (Å²) < 4.78 is 4.86. The van der Waals surface area contributed by atoms with Gasteiger partial charge in [0, 0.05) is 38.8 Å². The lowest BCUT2D eigenvalue weighted by molar-refractivity contribution is 0.888. The predicted octanol–water partition coefficient (Wildman–Crippen LogP) is 9.97. The molecule has 0 saturated heterocycles. The van der Waals surface area contributed by atoms with Crippen LogP contribution in [0.3, 0.4) is 0 Å². The van der Waals surface area contributed by atoms with Crippen LogP contribution in [0.4, 0.5) is 0 Å². The first-order valence-electron chi connectivity index (χ1n) is 14.2. The summed E-state index contributed by atoms with van der Waals surface area (Å²) in [6.07, 6.45) is 6.80. The minimum atomic E-state index is 1.06. The van der Waals surface area contributed by atoms with Gasteiger partial charge in [-0.05, 0) is 92.4 Å². The molecule has 192 valence electrons. The molecule has 1 aliphatic carbocycles. The summed E-state index contributed by atoms with van der Waals surface area (Å²) in [7, 11) is 0. The van der Waals surface area contributed by atoms with E-state index in [-0.39, 0.29) is 0 Å². The van der Waals surface area contributed by atoms with Gasteiger partial charge in [0.1, 0.15) is 0 Å². The summed E-state index contributed by atoms with van der Waals surface area (Å²) in [5, 5.41) is 3.89. The van der Waals surface area contributed by atoms with Crippen molar-refractivity contribution in [1.82, 2.24) is 9.13 Å². The first kappa shape index (κ1) is 23.1. The Bertz CT molecular complexity index is 2100. The monoisotopic (exact) mass is 514 g/mol. The number of hydrogen-bond donors (Lipinski definition) is 0. The average molecular weight is 515 g/mol. The fourth-order valence-electron chi connectivity index (χ4n) is 6.51. The van der Waals surface area contributed by atoms with Gasteiger partial charge in [-0.15, -0.1) is 0 Å². The maximum Gasteiger partial charge on any atom is 0.0541 e. The Labute approximate surface area is 234 Å². The lowest BCUT2D eigenvalue weighted by Crippen LogP contribution is -2.02. The minimum absolute atomic E-state index is 1.06. The summed E-state index contributed by atoms with van der Waals surface area (Å²) >= 11 is 0. The van der Waals surface area contributed by atoms with Crippen molar-refractivity contribution in [3.05, 3.63) is 138 Å². The maximum atomic E-state index is 2.47. The maximum absolute atomic E-state index is 2.47. The Kier molecular flexibility index (Phi) is 5.12. The fourth-order valence-corrected chi connectivity index (χ4v) is 6.51. The van der Waals surface area contributed by atoms with E-state index in [0.717, 1.165) is 12.8 Å². The van der Waals surface area contributed by atoms with Crippen molar-refractivity contribution in [1.29, 1.82) is 0 Å². The highest BCUT2D eigenvalue weighted by molar-refractivity contribution is 6.10. The molecule has 1 aliphatic rings. The molecule has 2 nitrogen and oxygen atoms in total. The van der Waals surface area contributed by atoms with E-state index in [0.29, 0.717) is 0 Å². The zero-order chi connectivity index (χ0) is 26.8. The second kappa shape index (κ2) is 8.86. The Morgan fingerprint density at radius 3 is 1.80 bits per heavy atom. The third-order valence-electron chi connectivity index (χ3n) is 8.53. The molecule has 2 aromatic heterocycles. The third kappa shape index (κ3) is 3.49. The zero-order valence-electron chi connectivity index (χ0n) is 22.9. The van der Waals surface area contributed by atoms with Crippen molar-refractivity contribution in [2.24, 2.45) is 0 Å². The lowest BCUT2D eigenvalue weighted by atomic mass is 9.98. The summed E-state index contributed by atoms with van der Waals surface area (Å²) in [5.41, 5.74) is 14.0. The van der Waals surface area contributed by atoms with Crippen LogP contribution in [0.15, 0.2) is 115 Å². The van der Waals surface area contributed by atoms with Crippen LogP contribution >= 0.6 is 0 Å². The number of nitrogens with zero attached hydrogens (tertiary/aromatic N) is 2. The van der Waals surface area contributed by atoms with Crippen LogP contribution in [0.5, 0.6) is 0 Å². The Balaban J connectivity index is 1.32. The number of allylic oxidation sites excluding steroid dienone is 1. The molecule has 0 aliphatic heterocycles. The lowest BCUT2D eigenvalue weighted by Gasteiger charge is -2.13. The number of fused-ring (bicyclic) bond motifs is 6. The van der Waals surface area contributed by atoms with Gasteiger partial charge in [-0.2, -0.15) is 0 Å². The normalized spacial score (nSPS) is 12.9. The molecular formula is C38H30N2. The largest absolute Gasteiger partial charge is 0.313 e. The van der Waals surface area contributed by atoms with Crippen molar-refractivity contribution < 1.29 is 0 Å². The number of aryl methyl sites for hydroxylation is 2. The first-order valence-corrected chi connectivity index (χ1v) is 14.2. The molecule has 7 aromatic rings. The van der Waals surface area contributed by atoms with Gasteiger partial charge in [0.15, 0.2) is 0 Å². The quantitative estimate of drug-likeness (QED) is 0.222. The van der Waals surface area contributed by atoms with E-state index in [4.69, 9.17) is 0 Å². The van der Waals surface area contributed by atoms with Crippen LogP contribution in [0, 0.1) is 13.8 Å². The SMILES string of the molecule is Cc1ccc(-n2c3c(c4cc(-c5ccc6c(c5)c5ccccc5n6-c5ccc(C)cc5)ccc42)C=CCC3)cc1. The molecule has 40 heavy (non-hydrogen) atoms. The molecule has 0 amide bonds. The van der Waals surface area contributed by atoms with E-state index in [1.807, 2.05) is 0 Å². The van der Waals surface area contributed by atoms with E-state index < -0.39 is 0 Å². The Morgan fingerprint density at radius 1 is 0.525 bits per heavy atom. The second-order valence-corrected chi connectivity index (χ2v) is 11.1. The number of hydrogen-bond acceptors (Lipinski definition) is 0. The number of rotatable bonds is 3. The van der Waals surface area contributed by atoms with E-state index in [1.165, 1.54) is 77.6 Å².